The number of benzene rings is 1. The first-order valence-corrected chi connectivity index (χ1v) is 12.5. The Bertz CT molecular complexity index is 1310. The van der Waals surface area contributed by atoms with E-state index in [-0.39, 0.29) is 19.3 Å². The predicted molar refractivity (Wildman–Crippen MR) is 143 cm³/mol. The minimum atomic E-state index is -1.68. The first-order chi connectivity index (χ1) is 19.3. The van der Waals surface area contributed by atoms with Crippen molar-refractivity contribution in [3.8, 4) is 0 Å². The van der Waals surface area contributed by atoms with Crippen molar-refractivity contribution in [1.29, 1.82) is 0 Å². The molecule has 0 saturated heterocycles. The van der Waals surface area contributed by atoms with Gasteiger partial charge < -0.3 is 48.3 Å². The van der Waals surface area contributed by atoms with Gasteiger partial charge in [-0.25, -0.2) is 4.79 Å². The number of para-hydroxylation sites is 1. The number of hydrogen-bond donors (Lipinski definition) is 9. The Balaban J connectivity index is 2.16. The fourth-order valence-corrected chi connectivity index (χ4v) is 3.94. The van der Waals surface area contributed by atoms with Gasteiger partial charge in [0.2, 0.25) is 29.5 Å². The average Bonchev–Trinajstić information content (AvgIpc) is 3.30. The summed E-state index contributed by atoms with van der Waals surface area (Å²) in [5, 5.41) is 25.7. The minimum Gasteiger partial charge on any atom is -0.481 e. The fourth-order valence-electron chi connectivity index (χ4n) is 3.94. The molecule has 41 heavy (non-hydrogen) atoms. The molecule has 12 N–H and O–H groups in total. The van der Waals surface area contributed by atoms with Crippen LogP contribution in [-0.2, 0) is 40.0 Å². The maximum absolute atomic E-state index is 13.1. The molecule has 4 atom stereocenters. The number of aromatic amines is 1. The molecule has 16 heteroatoms. The molecule has 0 aliphatic rings. The number of H-pyrrole nitrogens is 1. The highest BCUT2D eigenvalue weighted by Crippen LogP contribution is 2.19. The predicted octanol–water partition coefficient (Wildman–Crippen LogP) is -2.42. The first-order valence-electron chi connectivity index (χ1n) is 12.5. The zero-order valence-electron chi connectivity index (χ0n) is 21.9. The number of carboxylic acids is 2. The zero-order valence-corrected chi connectivity index (χ0v) is 21.9. The highest BCUT2D eigenvalue weighted by atomic mass is 16.4. The zero-order chi connectivity index (χ0) is 30.7. The first kappa shape index (κ1) is 32.2. The number of aromatic nitrogens is 1. The van der Waals surface area contributed by atoms with Gasteiger partial charge in [-0.05, 0) is 30.9 Å². The lowest BCUT2D eigenvalue weighted by Crippen LogP contribution is -2.58. The number of primary amides is 2. The molecule has 1 aromatic heterocycles. The average molecular weight is 576 g/mol. The van der Waals surface area contributed by atoms with Gasteiger partial charge >= 0.3 is 11.9 Å². The summed E-state index contributed by atoms with van der Waals surface area (Å²) in [5.74, 6) is -7.54. The molecule has 0 spiro atoms. The van der Waals surface area contributed by atoms with E-state index in [1.165, 1.54) is 0 Å². The maximum Gasteiger partial charge on any atom is 0.326 e. The summed E-state index contributed by atoms with van der Waals surface area (Å²) in [6.07, 6.45) is -0.627. The Morgan fingerprint density at radius 2 is 1.37 bits per heavy atom. The molecule has 5 amide bonds. The normalized spacial score (nSPS) is 13.8. The largest absolute Gasteiger partial charge is 0.481 e. The lowest BCUT2D eigenvalue weighted by molar-refractivity contribution is -0.143. The summed E-state index contributed by atoms with van der Waals surface area (Å²) < 4.78 is 0. The number of carbonyl (C=O) groups excluding carboxylic acids is 5. The third kappa shape index (κ3) is 10.2. The number of nitrogens with one attached hydrogen (secondary N) is 4. The number of hydrogen-bond acceptors (Lipinski definition) is 8. The van der Waals surface area contributed by atoms with Crippen molar-refractivity contribution in [2.24, 2.45) is 17.2 Å². The molecular formula is C25H33N7O9. The van der Waals surface area contributed by atoms with E-state index in [2.05, 4.69) is 20.9 Å². The van der Waals surface area contributed by atoms with Gasteiger partial charge in [-0.15, -0.1) is 0 Å². The standard InChI is InChI=1S/C25H33N7O9/c26-14(9-12-11-29-15-4-2-1-3-13(12)15)22(37)30-16(5-7-19(27)33)23(38)32-18(10-20(28)34)24(39)31-17(25(40)41)6-8-21(35)36/h1-4,11,14,16-18,29H,5-10,26H2,(H2,27,33)(H2,28,34)(H,30,37)(H,31,39)(H,32,38)(H,35,36)(H,40,41). The summed E-state index contributed by atoms with van der Waals surface area (Å²) in [6.45, 7) is 0. The molecule has 2 rings (SSSR count). The Labute approximate surface area is 233 Å². The number of rotatable bonds is 17. The van der Waals surface area contributed by atoms with Crippen LogP contribution in [0.4, 0.5) is 0 Å². The molecule has 0 saturated carbocycles. The highest BCUT2D eigenvalue weighted by molar-refractivity contribution is 5.96. The third-order valence-corrected chi connectivity index (χ3v) is 6.06. The summed E-state index contributed by atoms with van der Waals surface area (Å²) in [5.41, 5.74) is 18.0. The lowest BCUT2D eigenvalue weighted by atomic mass is 10.0. The van der Waals surface area contributed by atoms with Gasteiger partial charge in [0, 0.05) is 29.9 Å². The number of amides is 5. The molecule has 4 unspecified atom stereocenters. The molecule has 1 heterocycles. The molecule has 222 valence electrons. The van der Waals surface area contributed by atoms with E-state index in [1.807, 2.05) is 24.3 Å². The number of nitrogens with two attached hydrogens (primary N) is 3. The van der Waals surface area contributed by atoms with Crippen molar-refractivity contribution in [2.75, 3.05) is 0 Å². The molecule has 0 aliphatic heterocycles. The molecular weight excluding hydrogens is 542 g/mol. The molecule has 0 radical (unpaired) electrons. The van der Waals surface area contributed by atoms with E-state index in [0.717, 1.165) is 16.5 Å². The molecule has 0 fully saturated rings. The number of aliphatic carboxylic acids is 2. The van der Waals surface area contributed by atoms with Gasteiger partial charge in [0.15, 0.2) is 0 Å². The van der Waals surface area contributed by atoms with Crippen molar-refractivity contribution in [2.45, 2.75) is 62.7 Å². The Kier molecular flexibility index (Phi) is 11.8. The van der Waals surface area contributed by atoms with Gasteiger partial charge in [0.1, 0.15) is 18.1 Å². The second-order valence-electron chi connectivity index (χ2n) is 9.30. The molecule has 16 nitrogen and oxygen atoms in total. The van der Waals surface area contributed by atoms with E-state index >= 15 is 0 Å². The van der Waals surface area contributed by atoms with Crippen LogP contribution in [0.25, 0.3) is 10.9 Å². The smallest absolute Gasteiger partial charge is 0.326 e. The SMILES string of the molecule is NC(=O)CCC(NC(=O)C(N)Cc1c[nH]c2ccccc12)C(=O)NC(CC(N)=O)C(=O)NC(CCC(=O)O)C(=O)O. The van der Waals surface area contributed by atoms with Crippen LogP contribution in [0.15, 0.2) is 30.5 Å². The number of fused-ring (bicyclic) bond motifs is 1. The third-order valence-electron chi connectivity index (χ3n) is 6.06. The summed E-state index contributed by atoms with van der Waals surface area (Å²) in [4.78, 5) is 87.0. The van der Waals surface area contributed by atoms with Crippen LogP contribution < -0.4 is 33.2 Å². The van der Waals surface area contributed by atoms with E-state index < -0.39 is 84.9 Å². The monoisotopic (exact) mass is 575 g/mol. The Morgan fingerprint density at radius 1 is 0.780 bits per heavy atom. The van der Waals surface area contributed by atoms with Crippen LogP contribution in [0, 0.1) is 0 Å². The second kappa shape index (κ2) is 15.0. The van der Waals surface area contributed by atoms with Crippen LogP contribution in [-0.4, -0.2) is 80.8 Å². The van der Waals surface area contributed by atoms with Crippen molar-refractivity contribution in [3.63, 3.8) is 0 Å². The van der Waals surface area contributed by atoms with Gasteiger partial charge in [-0.2, -0.15) is 0 Å². The van der Waals surface area contributed by atoms with Crippen LogP contribution in [0.1, 0.15) is 37.7 Å². The van der Waals surface area contributed by atoms with E-state index in [0.29, 0.717) is 0 Å². The van der Waals surface area contributed by atoms with E-state index in [9.17, 15) is 38.7 Å². The molecule has 0 bridgehead atoms. The maximum atomic E-state index is 13.1. The van der Waals surface area contributed by atoms with Crippen LogP contribution in [0.3, 0.4) is 0 Å². The molecule has 2 aromatic rings. The summed E-state index contributed by atoms with van der Waals surface area (Å²) >= 11 is 0. The molecule has 0 aliphatic carbocycles. The lowest BCUT2D eigenvalue weighted by Gasteiger charge is -2.24. The number of carbonyl (C=O) groups is 7. The van der Waals surface area contributed by atoms with Gasteiger partial charge in [0.25, 0.3) is 0 Å². The van der Waals surface area contributed by atoms with Gasteiger partial charge in [-0.3, -0.25) is 28.8 Å². The van der Waals surface area contributed by atoms with Gasteiger partial charge in [-0.1, -0.05) is 18.2 Å². The minimum absolute atomic E-state index is 0.0969. The van der Waals surface area contributed by atoms with E-state index in [1.54, 1.807) is 6.20 Å². The Morgan fingerprint density at radius 3 is 1.98 bits per heavy atom. The van der Waals surface area contributed by atoms with E-state index in [4.69, 9.17) is 22.3 Å². The van der Waals surface area contributed by atoms with Crippen molar-refractivity contribution < 1.29 is 43.8 Å². The topological polar surface area (TPSA) is 290 Å². The molecule has 1 aromatic carbocycles. The summed E-state index contributed by atoms with van der Waals surface area (Å²) in [6, 6.07) is 1.48. The quantitative estimate of drug-likeness (QED) is 0.0961. The van der Waals surface area contributed by atoms with Crippen molar-refractivity contribution in [1.82, 2.24) is 20.9 Å². The van der Waals surface area contributed by atoms with Crippen LogP contribution in [0.2, 0.25) is 0 Å². The Hall–Kier alpha value is -4.99. The number of carboxylic acid groups (broad SMARTS) is 2. The van der Waals surface area contributed by atoms with Crippen LogP contribution in [0.5, 0.6) is 0 Å². The summed E-state index contributed by atoms with van der Waals surface area (Å²) in [7, 11) is 0. The van der Waals surface area contributed by atoms with Crippen molar-refractivity contribution in [3.05, 3.63) is 36.0 Å². The van der Waals surface area contributed by atoms with Crippen molar-refractivity contribution >= 4 is 52.4 Å². The second-order valence-corrected chi connectivity index (χ2v) is 9.30. The van der Waals surface area contributed by atoms with Crippen LogP contribution >= 0.6 is 0 Å². The fraction of sp³-hybridized carbons (Fsp3) is 0.400. The highest BCUT2D eigenvalue weighted by Gasteiger charge is 2.31. The van der Waals surface area contributed by atoms with Gasteiger partial charge in [0.05, 0.1) is 12.5 Å².